The first-order valence-corrected chi connectivity index (χ1v) is 4.49. The van der Waals surface area contributed by atoms with Gasteiger partial charge in [-0.15, -0.1) is 0 Å². The van der Waals surface area contributed by atoms with Crippen molar-refractivity contribution >= 4 is 5.52 Å². The fourth-order valence-corrected chi connectivity index (χ4v) is 1.65. The van der Waals surface area contributed by atoms with Gasteiger partial charge in [-0.3, -0.25) is 0 Å². The second-order valence-electron chi connectivity index (χ2n) is 3.03. The Labute approximate surface area is 77.8 Å². The van der Waals surface area contributed by atoms with E-state index in [4.69, 9.17) is 4.74 Å². The molecule has 2 aromatic heterocycles. The molecule has 0 fully saturated rings. The van der Waals surface area contributed by atoms with Crippen molar-refractivity contribution in [1.29, 1.82) is 0 Å². The number of rotatable bonds is 2. The molecule has 2 heteroatoms. The quantitative estimate of drug-likeness (QED) is 0.683. The first-order chi connectivity index (χ1) is 6.36. The number of hydrogen-bond donors (Lipinski definition) is 0. The molecule has 0 saturated heterocycles. The number of hydrogen-bond acceptors (Lipinski definition) is 1. The third-order valence-electron chi connectivity index (χ3n) is 2.33. The van der Waals surface area contributed by atoms with Crippen molar-refractivity contribution in [3.05, 3.63) is 36.2 Å². The van der Waals surface area contributed by atoms with Gasteiger partial charge in [-0.1, -0.05) is 6.92 Å². The van der Waals surface area contributed by atoms with Crippen molar-refractivity contribution in [2.45, 2.75) is 13.3 Å². The number of pyridine rings is 1. The molecule has 0 saturated carbocycles. The zero-order valence-corrected chi connectivity index (χ0v) is 7.95. The van der Waals surface area contributed by atoms with Gasteiger partial charge in [0, 0.05) is 12.4 Å². The number of aromatic nitrogens is 1. The van der Waals surface area contributed by atoms with Crippen LogP contribution >= 0.6 is 0 Å². The maximum atomic E-state index is 5.31. The molecular formula is C11H13NO. The fourth-order valence-electron chi connectivity index (χ4n) is 1.65. The Morgan fingerprint density at radius 3 is 2.85 bits per heavy atom. The van der Waals surface area contributed by atoms with Crippen LogP contribution in [-0.4, -0.2) is 11.5 Å². The summed E-state index contributed by atoms with van der Waals surface area (Å²) in [5.74, 6) is 0.948. The molecule has 2 rings (SSSR count). The van der Waals surface area contributed by atoms with Gasteiger partial charge in [-0.2, -0.15) is 0 Å². The Balaban J connectivity index is 2.76. The maximum absolute atomic E-state index is 5.31. The third kappa shape index (κ3) is 1.18. The molecule has 0 N–H and O–H groups in total. The highest BCUT2D eigenvalue weighted by Gasteiger charge is 2.05. The Bertz CT molecular complexity index is 417. The predicted molar refractivity (Wildman–Crippen MR) is 53.3 cm³/mol. The highest BCUT2D eigenvalue weighted by Crippen LogP contribution is 2.24. The molecular weight excluding hydrogens is 162 g/mol. The van der Waals surface area contributed by atoms with E-state index in [0.29, 0.717) is 0 Å². The normalized spacial score (nSPS) is 10.6. The summed E-state index contributed by atoms with van der Waals surface area (Å²) in [6.45, 7) is 2.15. The Kier molecular flexibility index (Phi) is 1.97. The molecule has 0 amide bonds. The van der Waals surface area contributed by atoms with E-state index in [1.807, 2.05) is 18.3 Å². The first-order valence-electron chi connectivity index (χ1n) is 4.49. The van der Waals surface area contributed by atoms with Crippen LogP contribution in [0.5, 0.6) is 5.75 Å². The smallest absolute Gasteiger partial charge is 0.143 e. The lowest BCUT2D eigenvalue weighted by molar-refractivity contribution is 0.417. The van der Waals surface area contributed by atoms with Gasteiger partial charge in [0.05, 0.1) is 12.6 Å². The highest BCUT2D eigenvalue weighted by atomic mass is 16.5. The fraction of sp³-hybridized carbons (Fsp3) is 0.273. The highest BCUT2D eigenvalue weighted by molar-refractivity contribution is 5.66. The number of ether oxygens (including phenoxy) is 1. The largest absolute Gasteiger partial charge is 0.495 e. The second-order valence-corrected chi connectivity index (χ2v) is 3.03. The van der Waals surface area contributed by atoms with Gasteiger partial charge in [0.2, 0.25) is 0 Å². The first kappa shape index (κ1) is 8.17. The van der Waals surface area contributed by atoms with Gasteiger partial charge >= 0.3 is 0 Å². The maximum Gasteiger partial charge on any atom is 0.143 e. The van der Waals surface area contributed by atoms with E-state index in [2.05, 4.69) is 23.6 Å². The van der Waals surface area contributed by atoms with Gasteiger partial charge in [-0.05, 0) is 30.2 Å². The average molecular weight is 175 g/mol. The van der Waals surface area contributed by atoms with Crippen LogP contribution in [0.4, 0.5) is 0 Å². The summed E-state index contributed by atoms with van der Waals surface area (Å²) in [6, 6.07) is 6.12. The minimum Gasteiger partial charge on any atom is -0.495 e. The summed E-state index contributed by atoms with van der Waals surface area (Å²) in [5, 5.41) is 0. The predicted octanol–water partition coefficient (Wildman–Crippen LogP) is 2.51. The molecule has 13 heavy (non-hydrogen) atoms. The van der Waals surface area contributed by atoms with Crippen LogP contribution < -0.4 is 4.74 Å². The van der Waals surface area contributed by atoms with Gasteiger partial charge in [0.25, 0.3) is 0 Å². The molecule has 68 valence electrons. The Hall–Kier alpha value is -1.44. The van der Waals surface area contributed by atoms with E-state index in [0.717, 1.165) is 12.2 Å². The number of aryl methyl sites for hydroxylation is 1. The van der Waals surface area contributed by atoms with Gasteiger partial charge < -0.3 is 9.14 Å². The zero-order chi connectivity index (χ0) is 9.26. The lowest BCUT2D eigenvalue weighted by Gasteiger charge is -2.04. The lowest BCUT2D eigenvalue weighted by Crippen LogP contribution is -1.90. The topological polar surface area (TPSA) is 13.6 Å². The van der Waals surface area contributed by atoms with Crippen LogP contribution in [0.3, 0.4) is 0 Å². The van der Waals surface area contributed by atoms with Crippen LogP contribution in [0.1, 0.15) is 12.5 Å². The van der Waals surface area contributed by atoms with Crippen LogP contribution in [0.15, 0.2) is 30.6 Å². The molecule has 0 bridgehead atoms. The molecule has 2 nitrogen and oxygen atoms in total. The minimum absolute atomic E-state index is 0.948. The summed E-state index contributed by atoms with van der Waals surface area (Å²) in [7, 11) is 1.71. The molecule has 0 atom stereocenters. The van der Waals surface area contributed by atoms with Crippen LogP contribution in [0.2, 0.25) is 0 Å². The van der Waals surface area contributed by atoms with E-state index < -0.39 is 0 Å². The molecule has 2 heterocycles. The molecule has 0 aromatic carbocycles. The Morgan fingerprint density at radius 2 is 2.15 bits per heavy atom. The van der Waals surface area contributed by atoms with Crippen molar-refractivity contribution in [2.24, 2.45) is 0 Å². The number of nitrogens with zero attached hydrogens (tertiary/aromatic N) is 1. The van der Waals surface area contributed by atoms with E-state index in [1.54, 1.807) is 7.11 Å². The van der Waals surface area contributed by atoms with E-state index in [1.165, 1.54) is 11.1 Å². The average Bonchev–Trinajstić information content (AvgIpc) is 2.60. The third-order valence-corrected chi connectivity index (χ3v) is 2.33. The molecule has 0 aliphatic carbocycles. The summed E-state index contributed by atoms with van der Waals surface area (Å²) >= 11 is 0. The molecule has 0 aliphatic heterocycles. The van der Waals surface area contributed by atoms with E-state index in [9.17, 15) is 0 Å². The monoisotopic (exact) mass is 175 g/mol. The van der Waals surface area contributed by atoms with Gasteiger partial charge in [0.1, 0.15) is 5.75 Å². The van der Waals surface area contributed by atoms with Gasteiger partial charge in [-0.25, -0.2) is 0 Å². The van der Waals surface area contributed by atoms with Crippen LogP contribution in [0.25, 0.3) is 5.52 Å². The molecule has 2 aromatic rings. The Morgan fingerprint density at radius 1 is 1.31 bits per heavy atom. The minimum atomic E-state index is 0.948. The molecule has 0 aliphatic rings. The van der Waals surface area contributed by atoms with Crippen molar-refractivity contribution in [2.75, 3.05) is 7.11 Å². The zero-order valence-electron chi connectivity index (χ0n) is 7.95. The lowest BCUT2D eigenvalue weighted by atomic mass is 10.2. The summed E-state index contributed by atoms with van der Waals surface area (Å²) in [5.41, 5.74) is 2.52. The van der Waals surface area contributed by atoms with Crippen molar-refractivity contribution < 1.29 is 4.74 Å². The van der Waals surface area contributed by atoms with Gasteiger partial charge in [0.15, 0.2) is 0 Å². The number of fused-ring (bicyclic) bond motifs is 1. The summed E-state index contributed by atoms with van der Waals surface area (Å²) in [6.07, 6.45) is 5.14. The SMILES string of the molecule is CCc1ccn2cccc(OC)c12. The summed E-state index contributed by atoms with van der Waals surface area (Å²) < 4.78 is 7.40. The van der Waals surface area contributed by atoms with E-state index in [-0.39, 0.29) is 0 Å². The van der Waals surface area contributed by atoms with E-state index >= 15 is 0 Å². The van der Waals surface area contributed by atoms with Crippen molar-refractivity contribution in [1.82, 2.24) is 4.40 Å². The van der Waals surface area contributed by atoms with Crippen LogP contribution in [-0.2, 0) is 6.42 Å². The van der Waals surface area contributed by atoms with Crippen molar-refractivity contribution in [3.8, 4) is 5.75 Å². The molecule has 0 radical (unpaired) electrons. The summed E-state index contributed by atoms with van der Waals surface area (Å²) in [4.78, 5) is 0. The molecule has 0 spiro atoms. The second kappa shape index (κ2) is 3.13. The van der Waals surface area contributed by atoms with Crippen LogP contribution in [0, 0.1) is 0 Å². The number of methoxy groups -OCH3 is 1. The molecule has 0 unspecified atom stereocenters. The van der Waals surface area contributed by atoms with Crippen molar-refractivity contribution in [3.63, 3.8) is 0 Å². The standard InChI is InChI=1S/C11H13NO/c1-3-9-6-8-12-7-4-5-10(13-2)11(9)12/h4-8H,3H2,1-2H3.